The summed E-state index contributed by atoms with van der Waals surface area (Å²) in [6.45, 7) is 1.63. The number of anilines is 1. The molecule has 0 unspecified atom stereocenters. The number of hydrogen-bond donors (Lipinski definition) is 2. The number of carbonyl (C=O) groups is 1. The normalized spacial score (nSPS) is 16.1. The summed E-state index contributed by atoms with van der Waals surface area (Å²) >= 11 is 0. The minimum absolute atomic E-state index is 0.183. The van der Waals surface area contributed by atoms with Crippen LogP contribution in [-0.4, -0.2) is 58.5 Å². The second-order valence-electron chi connectivity index (χ2n) is 5.42. The zero-order valence-corrected chi connectivity index (χ0v) is 14.4. The van der Waals surface area contributed by atoms with Crippen molar-refractivity contribution in [2.45, 2.75) is 17.7 Å². The molecule has 1 amide bonds. The molecule has 9 heteroatoms. The minimum Gasteiger partial charge on any atom is -0.379 e. The maximum atomic E-state index is 14.0. The number of nitrogens with one attached hydrogen (secondary N) is 2. The fourth-order valence-corrected chi connectivity index (χ4v) is 3.85. The number of hydrogen-bond acceptors (Lipinski definition) is 5. The molecule has 0 radical (unpaired) electrons. The van der Waals surface area contributed by atoms with Crippen LogP contribution >= 0.6 is 0 Å². The highest BCUT2D eigenvalue weighted by Gasteiger charge is 2.29. The number of ether oxygens (including phenoxy) is 1. The van der Waals surface area contributed by atoms with Gasteiger partial charge in [0.25, 0.3) is 0 Å². The van der Waals surface area contributed by atoms with Crippen LogP contribution in [0.5, 0.6) is 0 Å². The molecule has 0 aliphatic carbocycles. The van der Waals surface area contributed by atoms with Gasteiger partial charge in [0.05, 0.1) is 13.2 Å². The number of amides is 1. The number of nitrogens with zero attached hydrogens (tertiary/aromatic N) is 1. The number of benzene rings is 1. The Morgan fingerprint density at radius 1 is 1.33 bits per heavy atom. The number of morpholine rings is 1. The quantitative estimate of drug-likeness (QED) is 0.703. The lowest BCUT2D eigenvalue weighted by atomic mass is 10.2. The molecule has 2 N–H and O–H groups in total. The summed E-state index contributed by atoms with van der Waals surface area (Å²) in [5, 5.41) is 5.54. The first-order valence-corrected chi connectivity index (χ1v) is 9.21. The summed E-state index contributed by atoms with van der Waals surface area (Å²) in [6, 6.07) is 3.57. The van der Waals surface area contributed by atoms with Crippen LogP contribution in [0.2, 0.25) is 0 Å². The number of carbonyl (C=O) groups excluding carboxylic acids is 1. The molecule has 134 valence electrons. The van der Waals surface area contributed by atoms with Gasteiger partial charge in [0, 0.05) is 25.2 Å². The molecule has 0 spiro atoms. The second kappa shape index (κ2) is 8.52. The van der Waals surface area contributed by atoms with Crippen molar-refractivity contribution in [1.29, 1.82) is 0 Å². The molecule has 7 nitrogen and oxygen atoms in total. The monoisotopic (exact) mass is 359 g/mol. The highest BCUT2D eigenvalue weighted by Crippen LogP contribution is 2.24. The maximum absolute atomic E-state index is 14.0. The van der Waals surface area contributed by atoms with E-state index in [1.807, 2.05) is 0 Å². The summed E-state index contributed by atoms with van der Waals surface area (Å²) in [5.41, 5.74) is 0.262. The highest BCUT2D eigenvalue weighted by atomic mass is 32.2. The Labute approximate surface area is 141 Å². The molecular formula is C15H22FN3O4S. The molecule has 1 heterocycles. The van der Waals surface area contributed by atoms with Gasteiger partial charge >= 0.3 is 0 Å². The van der Waals surface area contributed by atoms with E-state index >= 15 is 0 Å². The molecule has 2 rings (SSSR count). The van der Waals surface area contributed by atoms with Crippen LogP contribution in [0, 0.1) is 5.82 Å². The van der Waals surface area contributed by atoms with Crippen molar-refractivity contribution in [2.75, 3.05) is 45.2 Å². The zero-order chi connectivity index (χ0) is 17.6. The Morgan fingerprint density at radius 3 is 2.71 bits per heavy atom. The van der Waals surface area contributed by atoms with E-state index in [1.54, 1.807) is 7.05 Å². The topological polar surface area (TPSA) is 87.7 Å². The summed E-state index contributed by atoms with van der Waals surface area (Å²) in [6.07, 6.45) is 0.951. The summed E-state index contributed by atoms with van der Waals surface area (Å²) in [4.78, 5) is 11.4. The molecule has 1 aromatic rings. The molecule has 24 heavy (non-hydrogen) atoms. The molecule has 0 aromatic heterocycles. The zero-order valence-electron chi connectivity index (χ0n) is 13.5. The number of halogens is 1. The standard InChI is InChI=1S/C15H22FN3O4S/c1-17-6-2-3-15(20)18-12-4-5-13(16)14(11-12)24(21,22)19-7-9-23-10-8-19/h4-5,11,17H,2-3,6-10H2,1H3,(H,18,20). The molecule has 0 saturated carbocycles. The maximum Gasteiger partial charge on any atom is 0.246 e. The van der Waals surface area contributed by atoms with Gasteiger partial charge in [0.2, 0.25) is 15.9 Å². The Balaban J connectivity index is 2.14. The van der Waals surface area contributed by atoms with Crippen molar-refractivity contribution in [1.82, 2.24) is 9.62 Å². The lowest BCUT2D eigenvalue weighted by Crippen LogP contribution is -2.40. The van der Waals surface area contributed by atoms with Crippen molar-refractivity contribution in [3.63, 3.8) is 0 Å². The fourth-order valence-electron chi connectivity index (χ4n) is 2.35. The third kappa shape index (κ3) is 4.73. The summed E-state index contributed by atoms with van der Waals surface area (Å²) < 4.78 is 45.5. The van der Waals surface area contributed by atoms with E-state index in [9.17, 15) is 17.6 Å². The third-order valence-corrected chi connectivity index (χ3v) is 5.55. The summed E-state index contributed by atoms with van der Waals surface area (Å²) in [5.74, 6) is -1.08. The molecule has 1 aliphatic heterocycles. The van der Waals surface area contributed by atoms with Gasteiger partial charge in [-0.3, -0.25) is 4.79 Å². The van der Waals surface area contributed by atoms with Gasteiger partial charge in [-0.1, -0.05) is 0 Å². The van der Waals surface area contributed by atoms with E-state index < -0.39 is 20.7 Å². The fraction of sp³-hybridized carbons (Fsp3) is 0.533. The van der Waals surface area contributed by atoms with E-state index in [1.165, 1.54) is 10.4 Å². The van der Waals surface area contributed by atoms with Crippen molar-refractivity contribution in [2.24, 2.45) is 0 Å². The second-order valence-corrected chi connectivity index (χ2v) is 7.32. The third-order valence-electron chi connectivity index (χ3n) is 3.63. The van der Waals surface area contributed by atoms with Crippen molar-refractivity contribution < 1.29 is 22.3 Å². The molecule has 1 saturated heterocycles. The largest absolute Gasteiger partial charge is 0.379 e. The molecule has 0 bridgehead atoms. The van der Waals surface area contributed by atoms with Gasteiger partial charge in [-0.25, -0.2) is 12.8 Å². The van der Waals surface area contributed by atoms with Gasteiger partial charge in [0.15, 0.2) is 0 Å². The first-order valence-electron chi connectivity index (χ1n) is 7.77. The van der Waals surface area contributed by atoms with Crippen LogP contribution in [0.1, 0.15) is 12.8 Å². The van der Waals surface area contributed by atoms with E-state index in [0.29, 0.717) is 19.4 Å². The average Bonchev–Trinajstić information content (AvgIpc) is 2.57. The minimum atomic E-state index is -3.95. The van der Waals surface area contributed by atoms with Crippen LogP contribution in [0.25, 0.3) is 0 Å². The van der Waals surface area contributed by atoms with Gasteiger partial charge in [-0.2, -0.15) is 4.31 Å². The van der Waals surface area contributed by atoms with Gasteiger partial charge in [-0.15, -0.1) is 0 Å². The molecule has 0 atom stereocenters. The molecule has 1 aliphatic rings. The van der Waals surface area contributed by atoms with Crippen LogP contribution in [0.3, 0.4) is 0 Å². The summed E-state index contributed by atoms with van der Waals surface area (Å²) in [7, 11) is -2.16. The van der Waals surface area contributed by atoms with Gasteiger partial charge < -0.3 is 15.4 Å². The van der Waals surface area contributed by atoms with Crippen LogP contribution < -0.4 is 10.6 Å². The smallest absolute Gasteiger partial charge is 0.246 e. The molecule has 1 fully saturated rings. The van der Waals surface area contributed by atoms with Gasteiger partial charge in [-0.05, 0) is 38.2 Å². The van der Waals surface area contributed by atoms with Crippen LogP contribution in [0.4, 0.5) is 10.1 Å². The first-order chi connectivity index (χ1) is 11.4. The lowest BCUT2D eigenvalue weighted by molar-refractivity contribution is -0.116. The Hall–Kier alpha value is -1.55. The predicted octanol–water partition coefficient (Wildman–Crippen LogP) is 0.785. The Kier molecular flexibility index (Phi) is 6.67. The van der Waals surface area contributed by atoms with Crippen LogP contribution in [-0.2, 0) is 19.6 Å². The van der Waals surface area contributed by atoms with E-state index in [4.69, 9.17) is 4.74 Å². The number of rotatable bonds is 7. The van der Waals surface area contributed by atoms with Gasteiger partial charge in [0.1, 0.15) is 10.7 Å². The lowest BCUT2D eigenvalue weighted by Gasteiger charge is -2.26. The first kappa shape index (κ1) is 18.8. The molecular weight excluding hydrogens is 337 g/mol. The van der Waals surface area contributed by atoms with Crippen molar-refractivity contribution in [3.05, 3.63) is 24.0 Å². The van der Waals surface area contributed by atoms with Crippen LogP contribution in [0.15, 0.2) is 23.1 Å². The molecule has 1 aromatic carbocycles. The average molecular weight is 359 g/mol. The van der Waals surface area contributed by atoms with Crippen molar-refractivity contribution >= 4 is 21.6 Å². The Bertz CT molecular complexity index is 675. The number of sulfonamides is 1. The Morgan fingerprint density at radius 2 is 2.04 bits per heavy atom. The van der Waals surface area contributed by atoms with E-state index in [0.717, 1.165) is 12.1 Å². The van der Waals surface area contributed by atoms with E-state index in [2.05, 4.69) is 10.6 Å². The van der Waals surface area contributed by atoms with Crippen molar-refractivity contribution in [3.8, 4) is 0 Å². The highest BCUT2D eigenvalue weighted by molar-refractivity contribution is 7.89. The van der Waals surface area contributed by atoms with E-state index in [-0.39, 0.29) is 37.9 Å². The SMILES string of the molecule is CNCCCC(=O)Nc1ccc(F)c(S(=O)(=O)N2CCOCC2)c1. The predicted molar refractivity (Wildman–Crippen MR) is 87.8 cm³/mol.